The van der Waals surface area contributed by atoms with Crippen molar-refractivity contribution in [1.29, 1.82) is 0 Å². The smallest absolute Gasteiger partial charge is 0.303 e. The van der Waals surface area contributed by atoms with Crippen molar-refractivity contribution in [1.82, 2.24) is 4.98 Å². The fraction of sp³-hybridized carbons (Fsp3) is 0.353. The van der Waals surface area contributed by atoms with Gasteiger partial charge < -0.3 is 10.0 Å². The van der Waals surface area contributed by atoms with Gasteiger partial charge in [-0.3, -0.25) is 9.59 Å². The van der Waals surface area contributed by atoms with Crippen molar-refractivity contribution in [3.63, 3.8) is 0 Å². The number of benzene rings is 1. The predicted octanol–water partition coefficient (Wildman–Crippen LogP) is 2.76. The molecule has 1 aliphatic rings. The fourth-order valence-corrected chi connectivity index (χ4v) is 3.57. The number of para-hydroxylation sites is 1. The molecule has 2 aromatic rings. The summed E-state index contributed by atoms with van der Waals surface area (Å²) in [6.07, 6.45) is 1.83. The van der Waals surface area contributed by atoms with Crippen LogP contribution in [-0.2, 0) is 22.4 Å². The Labute approximate surface area is 138 Å². The number of hydrogen-bond acceptors (Lipinski definition) is 4. The summed E-state index contributed by atoms with van der Waals surface area (Å²) in [5.74, 6) is -0.590. The maximum Gasteiger partial charge on any atom is 0.303 e. The Bertz CT molecular complexity index is 700. The number of carbonyl (C=O) groups excluding carboxylic acids is 1. The highest BCUT2D eigenvalue weighted by Gasteiger charge is 2.28. The molecule has 0 saturated carbocycles. The Balaban J connectivity index is 1.79. The van der Waals surface area contributed by atoms with E-state index in [4.69, 9.17) is 5.11 Å². The van der Waals surface area contributed by atoms with Gasteiger partial charge in [0.05, 0.1) is 17.6 Å². The van der Waals surface area contributed by atoms with Crippen LogP contribution >= 0.6 is 11.3 Å². The van der Waals surface area contributed by atoms with Crippen molar-refractivity contribution in [3.8, 4) is 0 Å². The number of amides is 1. The first-order valence-corrected chi connectivity index (χ1v) is 8.55. The Morgan fingerprint density at radius 3 is 2.91 bits per heavy atom. The third-order valence-electron chi connectivity index (χ3n) is 4.12. The summed E-state index contributed by atoms with van der Waals surface area (Å²) in [5, 5.41) is 10.8. The van der Waals surface area contributed by atoms with Crippen molar-refractivity contribution in [2.45, 2.75) is 25.7 Å². The molecule has 1 N–H and O–H groups in total. The van der Waals surface area contributed by atoms with Crippen molar-refractivity contribution < 1.29 is 14.7 Å². The quantitative estimate of drug-likeness (QED) is 0.915. The number of aliphatic carboxylic acids is 1. The van der Waals surface area contributed by atoms with Gasteiger partial charge in [-0.1, -0.05) is 18.2 Å². The summed E-state index contributed by atoms with van der Waals surface area (Å²) in [6, 6.07) is 7.87. The number of fused-ring (bicyclic) bond motifs is 1. The first-order chi connectivity index (χ1) is 11.1. The Hall–Kier alpha value is -2.21. The second-order valence-corrected chi connectivity index (χ2v) is 6.51. The number of anilines is 1. The zero-order valence-corrected chi connectivity index (χ0v) is 13.5. The van der Waals surface area contributed by atoms with Crippen LogP contribution in [0.3, 0.4) is 0 Å². The lowest BCUT2D eigenvalue weighted by Crippen LogP contribution is -2.41. The van der Waals surface area contributed by atoms with E-state index < -0.39 is 5.97 Å². The maximum atomic E-state index is 12.7. The van der Waals surface area contributed by atoms with Crippen LogP contribution in [0.2, 0.25) is 0 Å². The molecule has 0 spiro atoms. The molecule has 3 rings (SSSR count). The molecule has 1 aromatic heterocycles. The van der Waals surface area contributed by atoms with Crippen LogP contribution in [0.25, 0.3) is 0 Å². The summed E-state index contributed by atoms with van der Waals surface area (Å²) >= 11 is 1.48. The first kappa shape index (κ1) is 15.7. The van der Waals surface area contributed by atoms with E-state index in [9.17, 15) is 9.59 Å². The zero-order chi connectivity index (χ0) is 16.2. The highest BCUT2D eigenvalue weighted by atomic mass is 32.1. The van der Waals surface area contributed by atoms with E-state index in [1.807, 2.05) is 29.6 Å². The lowest BCUT2D eigenvalue weighted by atomic mass is 9.89. The summed E-state index contributed by atoms with van der Waals surface area (Å²) in [6.45, 7) is 0.577. The normalized spacial score (nSPS) is 16.9. The van der Waals surface area contributed by atoms with E-state index in [1.165, 1.54) is 11.3 Å². The van der Waals surface area contributed by atoms with Gasteiger partial charge in [-0.2, -0.15) is 0 Å². The van der Waals surface area contributed by atoms with Gasteiger partial charge in [0, 0.05) is 24.0 Å². The molecule has 6 heteroatoms. The number of carbonyl (C=O) groups is 2. The van der Waals surface area contributed by atoms with Gasteiger partial charge in [0.25, 0.3) is 0 Å². The monoisotopic (exact) mass is 330 g/mol. The molecule has 1 unspecified atom stereocenters. The molecule has 5 nitrogen and oxygen atoms in total. The number of hydrogen-bond donors (Lipinski definition) is 1. The number of carboxylic acids is 1. The second kappa shape index (κ2) is 6.91. The molecule has 23 heavy (non-hydrogen) atoms. The summed E-state index contributed by atoms with van der Waals surface area (Å²) < 4.78 is 0. The molecule has 1 atom stereocenters. The first-order valence-electron chi connectivity index (χ1n) is 7.60. The van der Waals surface area contributed by atoms with Gasteiger partial charge in [-0.15, -0.1) is 11.3 Å². The van der Waals surface area contributed by atoms with Crippen LogP contribution in [0.1, 0.15) is 24.1 Å². The van der Waals surface area contributed by atoms with E-state index in [2.05, 4.69) is 4.98 Å². The highest BCUT2D eigenvalue weighted by molar-refractivity contribution is 7.07. The van der Waals surface area contributed by atoms with Crippen LogP contribution < -0.4 is 4.90 Å². The molecule has 0 radical (unpaired) electrons. The van der Waals surface area contributed by atoms with E-state index in [0.29, 0.717) is 13.0 Å². The molecule has 0 fully saturated rings. The van der Waals surface area contributed by atoms with Crippen LogP contribution in [0.15, 0.2) is 35.2 Å². The topological polar surface area (TPSA) is 70.5 Å². The number of carboxylic acid groups (broad SMARTS) is 1. The van der Waals surface area contributed by atoms with Crippen LogP contribution in [-0.4, -0.2) is 28.5 Å². The third kappa shape index (κ3) is 3.76. The Morgan fingerprint density at radius 1 is 1.35 bits per heavy atom. The summed E-state index contributed by atoms with van der Waals surface area (Å²) in [4.78, 5) is 29.5. The van der Waals surface area contributed by atoms with Gasteiger partial charge in [0.15, 0.2) is 0 Å². The standard InChI is InChI=1S/C17H18N2O3S/c20-16(8-14-10-23-11-18-14)19-9-12(5-6-17(21)22)7-13-3-1-2-4-15(13)19/h1-4,10-12H,5-9H2,(H,21,22). The molecule has 0 saturated heterocycles. The van der Waals surface area contributed by atoms with Crippen molar-refractivity contribution in [3.05, 3.63) is 46.4 Å². The lowest BCUT2D eigenvalue weighted by molar-refractivity contribution is -0.137. The molecule has 1 amide bonds. The molecule has 0 aliphatic carbocycles. The third-order valence-corrected chi connectivity index (χ3v) is 4.75. The van der Waals surface area contributed by atoms with Gasteiger partial charge >= 0.3 is 5.97 Å². The largest absolute Gasteiger partial charge is 0.481 e. The molecule has 0 bridgehead atoms. The highest BCUT2D eigenvalue weighted by Crippen LogP contribution is 2.32. The molecule has 120 valence electrons. The van der Waals surface area contributed by atoms with Crippen molar-refractivity contribution in [2.24, 2.45) is 5.92 Å². The van der Waals surface area contributed by atoms with Gasteiger partial charge in [-0.25, -0.2) is 4.98 Å². The zero-order valence-electron chi connectivity index (χ0n) is 12.6. The number of nitrogens with zero attached hydrogens (tertiary/aromatic N) is 2. The van der Waals surface area contributed by atoms with E-state index in [-0.39, 0.29) is 24.7 Å². The summed E-state index contributed by atoms with van der Waals surface area (Å²) in [5.41, 5.74) is 4.56. The Morgan fingerprint density at radius 2 is 2.17 bits per heavy atom. The molecular weight excluding hydrogens is 312 g/mol. The predicted molar refractivity (Wildman–Crippen MR) is 88.7 cm³/mol. The van der Waals surface area contributed by atoms with Crippen molar-refractivity contribution in [2.75, 3.05) is 11.4 Å². The minimum Gasteiger partial charge on any atom is -0.481 e. The van der Waals surface area contributed by atoms with Crippen LogP contribution in [0, 0.1) is 5.92 Å². The maximum absolute atomic E-state index is 12.7. The number of aromatic nitrogens is 1. The van der Waals surface area contributed by atoms with Crippen LogP contribution in [0.4, 0.5) is 5.69 Å². The van der Waals surface area contributed by atoms with Crippen molar-refractivity contribution >= 4 is 28.9 Å². The van der Waals surface area contributed by atoms with E-state index >= 15 is 0 Å². The van der Waals surface area contributed by atoms with E-state index in [0.717, 1.165) is 23.4 Å². The molecular formula is C17H18N2O3S. The average molecular weight is 330 g/mol. The summed E-state index contributed by atoms with van der Waals surface area (Å²) in [7, 11) is 0. The van der Waals surface area contributed by atoms with Gasteiger partial charge in [-0.05, 0) is 30.4 Å². The van der Waals surface area contributed by atoms with Gasteiger partial charge in [0.2, 0.25) is 5.91 Å². The fourth-order valence-electron chi connectivity index (χ4n) is 3.01. The second-order valence-electron chi connectivity index (χ2n) is 5.79. The van der Waals surface area contributed by atoms with Crippen LogP contribution in [0.5, 0.6) is 0 Å². The molecule has 1 aromatic carbocycles. The number of rotatable bonds is 5. The number of thiazole rings is 1. The minimum absolute atomic E-state index is 0.0170. The minimum atomic E-state index is -0.788. The molecule has 1 aliphatic heterocycles. The van der Waals surface area contributed by atoms with E-state index in [1.54, 1.807) is 10.4 Å². The van der Waals surface area contributed by atoms with Gasteiger partial charge in [0.1, 0.15) is 0 Å². The molecule has 2 heterocycles. The SMILES string of the molecule is O=C(O)CCC1Cc2ccccc2N(C(=O)Cc2cscn2)C1. The lowest BCUT2D eigenvalue weighted by Gasteiger charge is -2.34. The average Bonchev–Trinajstić information content (AvgIpc) is 3.05. The Kier molecular flexibility index (Phi) is 4.71.